The van der Waals surface area contributed by atoms with Crippen LogP contribution in [0.1, 0.15) is 43.6 Å². The zero-order valence-corrected chi connectivity index (χ0v) is 13.8. The van der Waals surface area contributed by atoms with Crippen LogP contribution < -0.4 is 5.63 Å². The molecule has 122 valence electrons. The average Bonchev–Trinajstić information content (AvgIpc) is 2.82. The second kappa shape index (κ2) is 6.07. The third-order valence-corrected chi connectivity index (χ3v) is 4.67. The van der Waals surface area contributed by atoms with Crippen molar-refractivity contribution in [3.05, 3.63) is 46.4 Å². The fraction of sp³-hybridized carbons (Fsp3) is 0.444. The molecule has 2 heterocycles. The van der Waals surface area contributed by atoms with Crippen LogP contribution in [0, 0.1) is 0 Å². The van der Waals surface area contributed by atoms with E-state index < -0.39 is 5.63 Å². The van der Waals surface area contributed by atoms with E-state index in [0.717, 1.165) is 19.3 Å². The first-order valence-electron chi connectivity index (χ1n) is 8.09. The van der Waals surface area contributed by atoms with Gasteiger partial charge in [-0.05, 0) is 38.7 Å². The predicted molar refractivity (Wildman–Crippen MR) is 88.3 cm³/mol. The molecule has 2 atom stereocenters. The Kier molecular flexibility index (Phi) is 4.11. The Balaban J connectivity index is 2.10. The predicted octanol–water partition coefficient (Wildman–Crippen LogP) is 3.05. The normalized spacial score (nSPS) is 21.4. The molecule has 1 aromatic carbocycles. The lowest BCUT2D eigenvalue weighted by molar-refractivity contribution is 0.0490. The maximum absolute atomic E-state index is 13.2. The van der Waals surface area contributed by atoms with Crippen molar-refractivity contribution in [1.82, 2.24) is 9.64 Å². The first-order chi connectivity index (χ1) is 11.0. The summed E-state index contributed by atoms with van der Waals surface area (Å²) in [6, 6.07) is 9.56. The van der Waals surface area contributed by atoms with Crippen LogP contribution in [-0.4, -0.2) is 27.6 Å². The maximum Gasteiger partial charge on any atom is 0.366 e. The molecule has 23 heavy (non-hydrogen) atoms. The Morgan fingerprint density at radius 3 is 2.35 bits per heavy atom. The van der Waals surface area contributed by atoms with Crippen LogP contribution in [0.25, 0.3) is 11.1 Å². The summed E-state index contributed by atoms with van der Waals surface area (Å²) in [4.78, 5) is 27.3. The summed E-state index contributed by atoms with van der Waals surface area (Å²) in [5, 5.41) is 0. The van der Waals surface area contributed by atoms with Gasteiger partial charge in [0, 0.05) is 19.1 Å². The second-order valence-electron chi connectivity index (χ2n) is 6.31. The van der Waals surface area contributed by atoms with Crippen molar-refractivity contribution in [2.45, 2.75) is 45.2 Å². The minimum atomic E-state index is -0.473. The summed E-state index contributed by atoms with van der Waals surface area (Å²) in [7, 11) is 1.61. The van der Waals surface area contributed by atoms with E-state index in [-0.39, 0.29) is 18.0 Å². The molecule has 5 heteroatoms. The van der Waals surface area contributed by atoms with Crippen molar-refractivity contribution >= 4 is 5.91 Å². The highest BCUT2D eigenvalue weighted by molar-refractivity contribution is 5.99. The minimum absolute atomic E-state index is 0.128. The van der Waals surface area contributed by atoms with E-state index >= 15 is 0 Å². The molecular formula is C18H22N2O3. The van der Waals surface area contributed by atoms with Crippen LogP contribution in [0.3, 0.4) is 0 Å². The summed E-state index contributed by atoms with van der Waals surface area (Å²) < 4.78 is 6.50. The number of aromatic nitrogens is 1. The molecule has 0 N–H and O–H groups in total. The fourth-order valence-electron chi connectivity index (χ4n) is 3.51. The summed E-state index contributed by atoms with van der Waals surface area (Å²) in [5.74, 6) is -0.128. The van der Waals surface area contributed by atoms with Crippen molar-refractivity contribution in [2.24, 2.45) is 7.05 Å². The number of hydrogen-bond donors (Lipinski definition) is 0. The highest BCUT2D eigenvalue weighted by Gasteiger charge is 2.34. The third-order valence-electron chi connectivity index (χ3n) is 4.67. The quantitative estimate of drug-likeness (QED) is 0.856. The van der Waals surface area contributed by atoms with Crippen LogP contribution in [-0.2, 0) is 7.05 Å². The Morgan fingerprint density at radius 1 is 1.13 bits per heavy atom. The zero-order valence-electron chi connectivity index (χ0n) is 13.8. The summed E-state index contributed by atoms with van der Waals surface area (Å²) in [5.41, 5.74) is 0.923. The van der Waals surface area contributed by atoms with Crippen molar-refractivity contribution in [2.75, 3.05) is 0 Å². The lowest BCUT2D eigenvalue weighted by Crippen LogP contribution is -2.48. The molecule has 0 saturated carbocycles. The second-order valence-corrected chi connectivity index (χ2v) is 6.31. The molecule has 5 nitrogen and oxygen atoms in total. The standard InChI is InChI=1S/C18H22N2O3/c1-12-8-7-9-13(2)20(12)17(21)16-15(18(22)23-19(16)3)14-10-5-4-6-11-14/h4-6,10-13H,7-9H2,1-3H3. The number of hydrogen-bond acceptors (Lipinski definition) is 3. The monoisotopic (exact) mass is 314 g/mol. The van der Waals surface area contributed by atoms with E-state index in [2.05, 4.69) is 13.8 Å². The van der Waals surface area contributed by atoms with Gasteiger partial charge in [0.15, 0.2) is 5.69 Å². The topological polar surface area (TPSA) is 55.5 Å². The molecule has 2 unspecified atom stereocenters. The number of nitrogens with zero attached hydrogens (tertiary/aromatic N) is 2. The number of carbonyl (C=O) groups excluding carboxylic acids is 1. The van der Waals surface area contributed by atoms with E-state index in [0.29, 0.717) is 16.8 Å². The molecule has 1 saturated heterocycles. The number of piperidine rings is 1. The van der Waals surface area contributed by atoms with E-state index in [9.17, 15) is 9.59 Å². The van der Waals surface area contributed by atoms with Crippen molar-refractivity contribution < 1.29 is 9.32 Å². The summed E-state index contributed by atoms with van der Waals surface area (Å²) in [6.07, 6.45) is 3.10. The highest BCUT2D eigenvalue weighted by atomic mass is 16.5. The van der Waals surface area contributed by atoms with Gasteiger partial charge >= 0.3 is 5.63 Å². The number of amides is 1. The molecule has 0 bridgehead atoms. The summed E-state index contributed by atoms with van der Waals surface area (Å²) in [6.45, 7) is 4.13. The smallest absolute Gasteiger partial charge is 0.335 e. The average molecular weight is 314 g/mol. The molecule has 2 aromatic rings. The van der Waals surface area contributed by atoms with Crippen LogP contribution in [0.5, 0.6) is 0 Å². The molecule has 1 aliphatic heterocycles. The van der Waals surface area contributed by atoms with Crippen LogP contribution in [0.15, 0.2) is 39.6 Å². The molecule has 0 radical (unpaired) electrons. The van der Waals surface area contributed by atoms with Crippen molar-refractivity contribution in [3.8, 4) is 11.1 Å². The Morgan fingerprint density at radius 2 is 1.74 bits per heavy atom. The van der Waals surface area contributed by atoms with Gasteiger partial charge in [0.05, 0.1) is 0 Å². The number of aryl methyl sites for hydroxylation is 1. The molecule has 1 aliphatic rings. The molecule has 1 aromatic heterocycles. The van der Waals surface area contributed by atoms with E-state index in [4.69, 9.17) is 4.52 Å². The van der Waals surface area contributed by atoms with Gasteiger partial charge in [-0.2, -0.15) is 0 Å². The van der Waals surface area contributed by atoms with Gasteiger partial charge < -0.3 is 9.42 Å². The van der Waals surface area contributed by atoms with Gasteiger partial charge in [-0.3, -0.25) is 4.79 Å². The Bertz CT molecular complexity index is 750. The molecule has 0 aliphatic carbocycles. The number of benzene rings is 1. The zero-order chi connectivity index (χ0) is 16.6. The molecule has 1 amide bonds. The molecule has 3 rings (SSSR count). The Hall–Kier alpha value is -2.30. The van der Waals surface area contributed by atoms with Gasteiger partial charge in [-0.1, -0.05) is 30.3 Å². The van der Waals surface area contributed by atoms with Crippen LogP contribution >= 0.6 is 0 Å². The van der Waals surface area contributed by atoms with Gasteiger partial charge in [0.1, 0.15) is 5.56 Å². The van der Waals surface area contributed by atoms with Gasteiger partial charge in [-0.15, -0.1) is 0 Å². The van der Waals surface area contributed by atoms with Crippen molar-refractivity contribution in [3.63, 3.8) is 0 Å². The molecule has 1 fully saturated rings. The lowest BCUT2D eigenvalue weighted by Gasteiger charge is -2.39. The number of carbonyl (C=O) groups is 1. The van der Waals surface area contributed by atoms with E-state index in [1.165, 1.54) is 4.74 Å². The molecular weight excluding hydrogens is 292 g/mol. The largest absolute Gasteiger partial charge is 0.366 e. The minimum Gasteiger partial charge on any atom is -0.335 e. The Labute approximate surface area is 135 Å². The van der Waals surface area contributed by atoms with Gasteiger partial charge in [0.2, 0.25) is 0 Å². The highest BCUT2D eigenvalue weighted by Crippen LogP contribution is 2.28. The SMILES string of the molecule is CC1CCCC(C)N1C(=O)c1c(-c2ccccc2)c(=O)on1C. The third kappa shape index (κ3) is 2.71. The van der Waals surface area contributed by atoms with E-state index in [1.54, 1.807) is 7.05 Å². The van der Waals surface area contributed by atoms with Gasteiger partial charge in [-0.25, -0.2) is 9.53 Å². The first-order valence-corrected chi connectivity index (χ1v) is 8.09. The van der Waals surface area contributed by atoms with Crippen LogP contribution in [0.4, 0.5) is 0 Å². The van der Waals surface area contributed by atoms with Crippen LogP contribution in [0.2, 0.25) is 0 Å². The summed E-state index contributed by atoms with van der Waals surface area (Å²) >= 11 is 0. The lowest BCUT2D eigenvalue weighted by atomic mass is 9.96. The fourth-order valence-corrected chi connectivity index (χ4v) is 3.51. The molecule has 0 spiro atoms. The maximum atomic E-state index is 13.2. The van der Waals surface area contributed by atoms with E-state index in [1.807, 2.05) is 35.2 Å². The number of likely N-dealkylation sites (tertiary alicyclic amines) is 1. The first kappa shape index (κ1) is 15.6. The van der Waals surface area contributed by atoms with Crippen molar-refractivity contribution in [1.29, 1.82) is 0 Å². The number of rotatable bonds is 2. The van der Waals surface area contributed by atoms with Gasteiger partial charge in [0.25, 0.3) is 5.91 Å².